The third kappa shape index (κ3) is 3.76. The zero-order chi connectivity index (χ0) is 15.2. The summed E-state index contributed by atoms with van der Waals surface area (Å²) in [6.45, 7) is 5.74. The molecule has 0 spiro atoms. The van der Waals surface area contributed by atoms with Gasteiger partial charge in [0.2, 0.25) is 0 Å². The Labute approximate surface area is 125 Å². The van der Waals surface area contributed by atoms with Crippen LogP contribution >= 0.6 is 0 Å². The highest BCUT2D eigenvalue weighted by atomic mass is 16.1. The van der Waals surface area contributed by atoms with Gasteiger partial charge in [-0.1, -0.05) is 74.2 Å². The Bertz CT molecular complexity index is 642. The van der Waals surface area contributed by atoms with Crippen molar-refractivity contribution in [1.82, 2.24) is 0 Å². The third-order valence-electron chi connectivity index (χ3n) is 3.51. The lowest BCUT2D eigenvalue weighted by Gasteiger charge is -2.13. The summed E-state index contributed by atoms with van der Waals surface area (Å²) in [6, 6.07) is 18.1. The number of benzene rings is 2. The molecule has 0 radical (unpaired) electrons. The van der Waals surface area contributed by atoms with Crippen LogP contribution in [0.25, 0.3) is 0 Å². The molecule has 21 heavy (non-hydrogen) atoms. The molecule has 0 saturated heterocycles. The van der Waals surface area contributed by atoms with E-state index in [9.17, 15) is 9.59 Å². The van der Waals surface area contributed by atoms with Crippen LogP contribution in [0, 0.1) is 5.92 Å². The van der Waals surface area contributed by atoms with Crippen LogP contribution in [0.2, 0.25) is 0 Å². The Morgan fingerprint density at radius 2 is 1.38 bits per heavy atom. The lowest BCUT2D eigenvalue weighted by Crippen LogP contribution is -2.14. The van der Waals surface area contributed by atoms with E-state index >= 15 is 0 Å². The van der Waals surface area contributed by atoms with Crippen LogP contribution in [0.1, 0.15) is 34.1 Å². The van der Waals surface area contributed by atoms with Crippen LogP contribution in [0.3, 0.4) is 0 Å². The molecule has 2 aromatic carbocycles. The quantitative estimate of drug-likeness (QED) is 0.582. The predicted molar refractivity (Wildman–Crippen MR) is 84.5 cm³/mol. The minimum atomic E-state index is -0.176. The first-order valence-electron chi connectivity index (χ1n) is 6.96. The second-order valence-corrected chi connectivity index (χ2v) is 5.11. The molecule has 0 N–H and O–H groups in total. The molecule has 2 heteroatoms. The van der Waals surface area contributed by atoms with Crippen LogP contribution < -0.4 is 0 Å². The van der Waals surface area contributed by atoms with Crippen molar-refractivity contribution in [3.63, 3.8) is 0 Å². The number of ketones is 2. The smallest absolute Gasteiger partial charge is 0.188 e. The largest absolute Gasteiger partial charge is 0.294 e. The van der Waals surface area contributed by atoms with E-state index < -0.39 is 0 Å². The zero-order valence-electron chi connectivity index (χ0n) is 12.1. The van der Waals surface area contributed by atoms with Crippen molar-refractivity contribution in [3.8, 4) is 0 Å². The fourth-order valence-electron chi connectivity index (χ4n) is 2.14. The molecule has 0 aliphatic rings. The standard InChI is InChI=1S/C19H18O2/c1-14(13-18(20)16-9-5-3-6-10-16)15(2)19(21)17-11-7-4-8-12-17/h3-12,14H,2,13H2,1H3/t14-/m0/s1. The maximum absolute atomic E-state index is 12.3. The summed E-state index contributed by atoms with van der Waals surface area (Å²) in [4.78, 5) is 24.5. The summed E-state index contributed by atoms with van der Waals surface area (Å²) in [6.07, 6.45) is 0.293. The number of hydrogen-bond donors (Lipinski definition) is 0. The van der Waals surface area contributed by atoms with Gasteiger partial charge in [-0.3, -0.25) is 9.59 Å². The molecule has 0 bridgehead atoms. The van der Waals surface area contributed by atoms with Gasteiger partial charge in [-0.05, 0) is 11.5 Å². The molecular formula is C19H18O2. The second kappa shape index (κ2) is 6.80. The van der Waals surface area contributed by atoms with Crippen molar-refractivity contribution in [2.75, 3.05) is 0 Å². The Kier molecular flexibility index (Phi) is 4.83. The molecule has 0 aliphatic heterocycles. The Balaban J connectivity index is 2.03. The van der Waals surface area contributed by atoms with Crippen LogP contribution in [-0.2, 0) is 0 Å². The number of allylic oxidation sites excluding steroid dienone is 1. The van der Waals surface area contributed by atoms with E-state index in [1.807, 2.05) is 43.3 Å². The predicted octanol–water partition coefficient (Wildman–Crippen LogP) is 4.33. The van der Waals surface area contributed by atoms with E-state index in [1.54, 1.807) is 24.3 Å². The lowest BCUT2D eigenvalue weighted by atomic mass is 9.89. The first-order valence-corrected chi connectivity index (χ1v) is 6.96. The minimum absolute atomic E-state index is 0.0325. The molecule has 0 unspecified atom stereocenters. The van der Waals surface area contributed by atoms with Crippen molar-refractivity contribution in [2.24, 2.45) is 5.92 Å². The summed E-state index contributed by atoms with van der Waals surface area (Å²) in [5.41, 5.74) is 1.76. The van der Waals surface area contributed by atoms with Crippen molar-refractivity contribution in [3.05, 3.63) is 83.9 Å². The molecule has 2 rings (SSSR count). The van der Waals surface area contributed by atoms with Gasteiger partial charge in [-0.25, -0.2) is 0 Å². The number of carbonyl (C=O) groups is 2. The van der Waals surface area contributed by atoms with E-state index in [0.29, 0.717) is 23.1 Å². The molecule has 0 saturated carbocycles. The average Bonchev–Trinajstić information content (AvgIpc) is 2.55. The van der Waals surface area contributed by atoms with Gasteiger partial charge >= 0.3 is 0 Å². The van der Waals surface area contributed by atoms with Crippen molar-refractivity contribution in [2.45, 2.75) is 13.3 Å². The highest BCUT2D eigenvalue weighted by Crippen LogP contribution is 2.20. The van der Waals surface area contributed by atoms with Crippen LogP contribution in [0.5, 0.6) is 0 Å². The average molecular weight is 278 g/mol. The molecule has 0 aliphatic carbocycles. The van der Waals surface area contributed by atoms with Gasteiger partial charge in [-0.2, -0.15) is 0 Å². The second-order valence-electron chi connectivity index (χ2n) is 5.11. The third-order valence-corrected chi connectivity index (χ3v) is 3.51. The lowest BCUT2D eigenvalue weighted by molar-refractivity contribution is 0.0963. The van der Waals surface area contributed by atoms with Crippen LogP contribution in [0.4, 0.5) is 0 Å². The van der Waals surface area contributed by atoms with E-state index in [-0.39, 0.29) is 17.5 Å². The van der Waals surface area contributed by atoms with Gasteiger partial charge in [0.05, 0.1) is 0 Å². The van der Waals surface area contributed by atoms with Gasteiger partial charge in [0.1, 0.15) is 0 Å². The molecule has 106 valence electrons. The molecule has 2 nitrogen and oxygen atoms in total. The van der Waals surface area contributed by atoms with Gasteiger partial charge in [0.15, 0.2) is 11.6 Å². The Hall–Kier alpha value is -2.48. The molecule has 1 atom stereocenters. The van der Waals surface area contributed by atoms with E-state index in [1.165, 1.54) is 0 Å². The molecule has 0 amide bonds. The zero-order valence-corrected chi connectivity index (χ0v) is 12.1. The summed E-state index contributed by atoms with van der Waals surface area (Å²) >= 11 is 0. The van der Waals surface area contributed by atoms with E-state index in [0.717, 1.165) is 0 Å². The summed E-state index contributed by atoms with van der Waals surface area (Å²) in [7, 11) is 0. The number of Topliss-reactive ketones (excluding diaryl/α,β-unsaturated/α-hetero) is 2. The molecule has 0 heterocycles. The maximum Gasteiger partial charge on any atom is 0.188 e. The minimum Gasteiger partial charge on any atom is -0.294 e. The monoisotopic (exact) mass is 278 g/mol. The Morgan fingerprint density at radius 1 is 0.905 bits per heavy atom. The Morgan fingerprint density at radius 3 is 1.90 bits per heavy atom. The maximum atomic E-state index is 12.3. The van der Waals surface area contributed by atoms with Gasteiger partial charge in [0.25, 0.3) is 0 Å². The first-order chi connectivity index (χ1) is 10.1. The number of carbonyl (C=O) groups excluding carboxylic acids is 2. The van der Waals surface area contributed by atoms with Crippen LogP contribution in [0.15, 0.2) is 72.8 Å². The molecule has 2 aromatic rings. The number of rotatable bonds is 6. The van der Waals surface area contributed by atoms with E-state index in [4.69, 9.17) is 0 Å². The van der Waals surface area contributed by atoms with Crippen LogP contribution in [-0.4, -0.2) is 11.6 Å². The SMILES string of the molecule is C=C(C(=O)c1ccccc1)[C@@H](C)CC(=O)c1ccccc1. The van der Waals surface area contributed by atoms with Gasteiger partial charge in [-0.15, -0.1) is 0 Å². The highest BCUT2D eigenvalue weighted by molar-refractivity contribution is 6.09. The summed E-state index contributed by atoms with van der Waals surface area (Å²) < 4.78 is 0. The molecule has 0 fully saturated rings. The summed E-state index contributed by atoms with van der Waals surface area (Å²) in [5, 5.41) is 0. The highest BCUT2D eigenvalue weighted by Gasteiger charge is 2.19. The van der Waals surface area contributed by atoms with Gasteiger partial charge < -0.3 is 0 Å². The molecule has 0 aromatic heterocycles. The molecular weight excluding hydrogens is 260 g/mol. The van der Waals surface area contributed by atoms with Gasteiger partial charge in [0, 0.05) is 17.5 Å². The number of hydrogen-bond acceptors (Lipinski definition) is 2. The van der Waals surface area contributed by atoms with Crippen molar-refractivity contribution in [1.29, 1.82) is 0 Å². The fraction of sp³-hybridized carbons (Fsp3) is 0.158. The summed E-state index contributed by atoms with van der Waals surface area (Å²) in [5.74, 6) is -0.237. The van der Waals surface area contributed by atoms with Crippen molar-refractivity contribution < 1.29 is 9.59 Å². The van der Waals surface area contributed by atoms with Crippen molar-refractivity contribution >= 4 is 11.6 Å². The first kappa shape index (κ1) is 14.9. The normalized spacial score (nSPS) is 11.7. The topological polar surface area (TPSA) is 34.1 Å². The van der Waals surface area contributed by atoms with E-state index in [2.05, 4.69) is 6.58 Å². The fourth-order valence-corrected chi connectivity index (χ4v) is 2.14.